The van der Waals surface area contributed by atoms with Crippen LogP contribution in [0.5, 0.6) is 0 Å². The Morgan fingerprint density at radius 3 is 1.83 bits per heavy atom. The molecule has 0 aliphatic carbocycles. The van der Waals surface area contributed by atoms with E-state index in [1.807, 2.05) is 6.34 Å². The fraction of sp³-hybridized carbons (Fsp3) is 0.857. The van der Waals surface area contributed by atoms with E-state index in [2.05, 4.69) is 22.0 Å². The van der Waals surface area contributed by atoms with Gasteiger partial charge in [0.2, 0.25) is 0 Å². The zero-order valence-corrected chi connectivity index (χ0v) is 15.8. The molecule has 0 bridgehead atoms. The first-order chi connectivity index (χ1) is 11.9. The Hall–Kier alpha value is -0.830. The maximum atomic E-state index is 8.71. The minimum atomic E-state index is 0.358. The Labute approximate surface area is 150 Å². The molecule has 0 fully saturated rings. The van der Waals surface area contributed by atoms with Gasteiger partial charge in [-0.2, -0.15) is 0 Å². The van der Waals surface area contributed by atoms with Gasteiger partial charge in [-0.05, 0) is 38.5 Å². The van der Waals surface area contributed by atoms with Crippen molar-refractivity contribution in [3.05, 3.63) is 12.2 Å². The van der Waals surface area contributed by atoms with E-state index in [0.29, 0.717) is 6.61 Å². The van der Waals surface area contributed by atoms with Gasteiger partial charge < -0.3 is 10.0 Å². The normalized spacial score (nSPS) is 14.3. The summed E-state index contributed by atoms with van der Waals surface area (Å²) in [5.41, 5.74) is 0. The van der Waals surface area contributed by atoms with Gasteiger partial charge in [-0.15, -0.1) is 0 Å². The Kier molecular flexibility index (Phi) is 15.0. The van der Waals surface area contributed by atoms with Crippen molar-refractivity contribution in [1.29, 1.82) is 0 Å². The van der Waals surface area contributed by atoms with Gasteiger partial charge in [0.15, 0.2) is 0 Å². The molecule has 0 radical (unpaired) electrons. The number of aliphatic hydroxyl groups excluding tert-OH is 1. The molecular formula is C21H40N2O. The average Bonchev–Trinajstić information content (AvgIpc) is 3.11. The van der Waals surface area contributed by atoms with Crippen LogP contribution in [0.15, 0.2) is 17.1 Å². The maximum absolute atomic E-state index is 8.71. The highest BCUT2D eigenvalue weighted by Crippen LogP contribution is 2.10. The van der Waals surface area contributed by atoms with Crippen LogP contribution >= 0.6 is 0 Å². The molecule has 0 aromatic heterocycles. The van der Waals surface area contributed by atoms with Crippen LogP contribution in [0.1, 0.15) is 89.9 Å². The lowest BCUT2D eigenvalue weighted by Gasteiger charge is -2.12. The van der Waals surface area contributed by atoms with E-state index in [0.717, 1.165) is 19.5 Å². The average molecular weight is 337 g/mol. The molecule has 0 saturated heterocycles. The monoisotopic (exact) mass is 336 g/mol. The van der Waals surface area contributed by atoms with Gasteiger partial charge in [-0.1, -0.05) is 63.5 Å². The Balaban J connectivity index is 1.70. The molecule has 0 spiro atoms. The Morgan fingerprint density at radius 2 is 1.29 bits per heavy atom. The van der Waals surface area contributed by atoms with E-state index in [1.54, 1.807) is 0 Å². The van der Waals surface area contributed by atoms with Gasteiger partial charge in [0, 0.05) is 19.7 Å². The quantitative estimate of drug-likeness (QED) is 0.287. The van der Waals surface area contributed by atoms with Crippen molar-refractivity contribution in [2.45, 2.75) is 89.9 Å². The topological polar surface area (TPSA) is 35.8 Å². The number of aliphatic hydroxyl groups is 1. The second kappa shape index (κ2) is 17.0. The van der Waals surface area contributed by atoms with E-state index in [1.165, 1.54) is 90.0 Å². The first kappa shape index (κ1) is 21.2. The molecule has 0 aromatic carbocycles. The summed E-state index contributed by atoms with van der Waals surface area (Å²) in [6.07, 6.45) is 25.0. The molecule has 0 unspecified atom stereocenters. The van der Waals surface area contributed by atoms with Crippen molar-refractivity contribution in [2.75, 3.05) is 26.2 Å². The van der Waals surface area contributed by atoms with Gasteiger partial charge in [-0.3, -0.25) is 4.99 Å². The summed E-state index contributed by atoms with van der Waals surface area (Å²) in [5, 5.41) is 8.71. The van der Waals surface area contributed by atoms with Gasteiger partial charge >= 0.3 is 0 Å². The number of hydrogen-bond acceptors (Lipinski definition) is 3. The Morgan fingerprint density at radius 1 is 0.750 bits per heavy atom. The standard InChI is InChI=1S/C21H40N2O/c24-20-16-14-12-10-8-6-4-2-1-3-5-7-9-11-13-15-18-23-19-17-22-21-23/h1-2,21,24H,3-20H2/b2-1-. The summed E-state index contributed by atoms with van der Waals surface area (Å²) in [5.74, 6) is 0. The predicted molar refractivity (Wildman–Crippen MR) is 106 cm³/mol. The summed E-state index contributed by atoms with van der Waals surface area (Å²) in [7, 11) is 0. The predicted octanol–water partition coefficient (Wildman–Crippen LogP) is 5.34. The van der Waals surface area contributed by atoms with E-state index in [9.17, 15) is 0 Å². The number of unbranched alkanes of at least 4 members (excludes halogenated alkanes) is 12. The molecule has 1 rings (SSSR count). The van der Waals surface area contributed by atoms with E-state index < -0.39 is 0 Å². The lowest BCUT2D eigenvalue weighted by atomic mass is 10.1. The molecule has 3 heteroatoms. The summed E-state index contributed by atoms with van der Waals surface area (Å²) in [4.78, 5) is 6.59. The number of rotatable bonds is 17. The third-order valence-corrected chi connectivity index (χ3v) is 4.77. The molecule has 140 valence electrons. The molecule has 3 nitrogen and oxygen atoms in total. The molecule has 0 atom stereocenters. The lowest BCUT2D eigenvalue weighted by molar-refractivity contribution is 0.282. The first-order valence-electron chi connectivity index (χ1n) is 10.4. The zero-order valence-electron chi connectivity index (χ0n) is 15.8. The smallest absolute Gasteiger partial charge is 0.0851 e. The molecule has 0 amide bonds. The van der Waals surface area contributed by atoms with Crippen LogP contribution in [0.2, 0.25) is 0 Å². The van der Waals surface area contributed by atoms with Crippen molar-refractivity contribution in [2.24, 2.45) is 4.99 Å². The van der Waals surface area contributed by atoms with Gasteiger partial charge in [0.1, 0.15) is 0 Å². The van der Waals surface area contributed by atoms with Crippen LogP contribution in [0.3, 0.4) is 0 Å². The van der Waals surface area contributed by atoms with E-state index >= 15 is 0 Å². The molecule has 1 aliphatic rings. The molecule has 1 N–H and O–H groups in total. The second-order valence-corrected chi connectivity index (χ2v) is 7.07. The summed E-state index contributed by atoms with van der Waals surface area (Å²) in [6, 6.07) is 0. The third-order valence-electron chi connectivity index (χ3n) is 4.77. The van der Waals surface area contributed by atoms with Crippen LogP contribution in [0.25, 0.3) is 0 Å². The minimum absolute atomic E-state index is 0.358. The summed E-state index contributed by atoms with van der Waals surface area (Å²) < 4.78 is 0. The minimum Gasteiger partial charge on any atom is -0.396 e. The number of aliphatic imine (C=N–C) groups is 1. The third kappa shape index (κ3) is 13.6. The van der Waals surface area contributed by atoms with E-state index in [-0.39, 0.29) is 0 Å². The molecule has 24 heavy (non-hydrogen) atoms. The summed E-state index contributed by atoms with van der Waals surface area (Å²) >= 11 is 0. The molecule has 0 aromatic rings. The number of allylic oxidation sites excluding steroid dienone is 2. The lowest BCUT2D eigenvalue weighted by Crippen LogP contribution is -2.20. The fourth-order valence-electron chi connectivity index (χ4n) is 3.19. The molecule has 1 heterocycles. The van der Waals surface area contributed by atoms with Gasteiger partial charge in [0.25, 0.3) is 0 Å². The molecular weight excluding hydrogens is 296 g/mol. The Bertz CT molecular complexity index is 315. The van der Waals surface area contributed by atoms with Crippen LogP contribution in [-0.2, 0) is 0 Å². The highest BCUT2D eigenvalue weighted by atomic mass is 16.2. The van der Waals surface area contributed by atoms with Crippen molar-refractivity contribution < 1.29 is 5.11 Å². The number of hydrogen-bond donors (Lipinski definition) is 1. The molecule has 1 aliphatic heterocycles. The van der Waals surface area contributed by atoms with E-state index in [4.69, 9.17) is 5.11 Å². The van der Waals surface area contributed by atoms with Crippen molar-refractivity contribution in [1.82, 2.24) is 4.90 Å². The maximum Gasteiger partial charge on any atom is 0.0851 e. The van der Waals surface area contributed by atoms with Crippen LogP contribution in [-0.4, -0.2) is 42.6 Å². The van der Waals surface area contributed by atoms with Crippen molar-refractivity contribution in [3.8, 4) is 0 Å². The van der Waals surface area contributed by atoms with Crippen LogP contribution in [0.4, 0.5) is 0 Å². The van der Waals surface area contributed by atoms with Crippen molar-refractivity contribution >= 4 is 6.34 Å². The summed E-state index contributed by atoms with van der Waals surface area (Å²) in [6.45, 7) is 3.69. The largest absolute Gasteiger partial charge is 0.396 e. The van der Waals surface area contributed by atoms with Crippen molar-refractivity contribution in [3.63, 3.8) is 0 Å². The van der Waals surface area contributed by atoms with Crippen LogP contribution < -0.4 is 0 Å². The number of nitrogens with zero attached hydrogens (tertiary/aromatic N) is 2. The fourth-order valence-corrected chi connectivity index (χ4v) is 3.19. The van der Waals surface area contributed by atoms with Gasteiger partial charge in [-0.25, -0.2) is 0 Å². The zero-order chi connectivity index (χ0) is 17.1. The highest BCUT2D eigenvalue weighted by molar-refractivity contribution is 5.56. The highest BCUT2D eigenvalue weighted by Gasteiger charge is 2.03. The van der Waals surface area contributed by atoms with Crippen LogP contribution in [0, 0.1) is 0 Å². The molecule has 0 saturated carbocycles. The van der Waals surface area contributed by atoms with Gasteiger partial charge in [0.05, 0.1) is 12.9 Å². The first-order valence-corrected chi connectivity index (χ1v) is 10.4. The SMILES string of the molecule is OCCCCCCCC/C=C\CCCCCCCCN1C=NCC1. The second-order valence-electron chi connectivity index (χ2n) is 7.07.